The number of carbonyl (C=O) groups is 1. The molecule has 0 radical (unpaired) electrons. The fourth-order valence-corrected chi connectivity index (χ4v) is 4.25. The van der Waals surface area contributed by atoms with Crippen LogP contribution < -0.4 is 0 Å². The van der Waals surface area contributed by atoms with Gasteiger partial charge in [0.05, 0.1) is 12.1 Å². The third kappa shape index (κ3) is 5.75. The fraction of sp³-hybridized carbons (Fsp3) is 0.192. The van der Waals surface area contributed by atoms with Gasteiger partial charge in [-0.1, -0.05) is 52.7 Å². The number of aliphatic carboxylic acids is 1. The molecule has 0 unspecified atom stereocenters. The second-order valence-corrected chi connectivity index (χ2v) is 8.84. The fourth-order valence-electron chi connectivity index (χ4n) is 3.97. The van der Waals surface area contributed by atoms with Crippen LogP contribution in [0.2, 0.25) is 5.02 Å². The number of benzene rings is 3. The molecule has 36 heavy (non-hydrogen) atoms. The summed E-state index contributed by atoms with van der Waals surface area (Å²) in [5, 5.41) is 13.1. The molecule has 0 spiro atoms. The first-order chi connectivity index (χ1) is 17.0. The zero-order chi connectivity index (χ0) is 26.0. The molecule has 0 aliphatic rings. The zero-order valence-electron chi connectivity index (χ0n) is 19.3. The molecule has 4 rings (SSSR count). The smallest absolute Gasteiger partial charge is 0.417 e. The van der Waals surface area contributed by atoms with Crippen molar-refractivity contribution >= 4 is 17.6 Å². The summed E-state index contributed by atoms with van der Waals surface area (Å²) >= 11 is 6.38. The largest absolute Gasteiger partial charge is 0.480 e. The molecule has 0 atom stereocenters. The number of likely N-dealkylation sites (N-methyl/N-ethyl adjacent to an activating group) is 1. The van der Waals surface area contributed by atoms with E-state index in [1.54, 1.807) is 18.0 Å². The number of rotatable bonds is 7. The molecule has 0 saturated heterocycles. The van der Waals surface area contributed by atoms with Crippen LogP contribution >= 0.6 is 11.6 Å². The van der Waals surface area contributed by atoms with Gasteiger partial charge in [-0.25, -0.2) is 0 Å². The number of carboxylic acids is 1. The lowest BCUT2D eigenvalue weighted by Gasteiger charge is -2.15. The van der Waals surface area contributed by atoms with Crippen molar-refractivity contribution in [2.75, 3.05) is 13.6 Å². The molecule has 0 bridgehead atoms. The van der Waals surface area contributed by atoms with Gasteiger partial charge in [0.15, 0.2) is 0 Å². The molecule has 0 fully saturated rings. The van der Waals surface area contributed by atoms with E-state index >= 15 is 0 Å². The monoisotopic (exact) mass is 515 g/mol. The third-order valence-corrected chi connectivity index (χ3v) is 5.73. The first-order valence-electron chi connectivity index (χ1n) is 10.8. The molecule has 0 amide bonds. The van der Waals surface area contributed by atoms with Crippen LogP contribution in [0.3, 0.4) is 0 Å². The van der Waals surface area contributed by atoms with Gasteiger partial charge in [0.25, 0.3) is 5.89 Å². The Hall–Kier alpha value is -3.69. The molecule has 1 heterocycles. The Balaban J connectivity index is 1.62. The summed E-state index contributed by atoms with van der Waals surface area (Å²) in [6.07, 6.45) is -4.52. The maximum atomic E-state index is 13.5. The molecule has 1 N–H and O–H groups in total. The molecule has 10 heteroatoms. The Labute approximate surface area is 209 Å². The van der Waals surface area contributed by atoms with E-state index in [1.807, 2.05) is 25.1 Å². The van der Waals surface area contributed by atoms with Crippen LogP contribution in [0.15, 0.2) is 65.2 Å². The van der Waals surface area contributed by atoms with Crippen molar-refractivity contribution in [2.45, 2.75) is 19.6 Å². The molecule has 4 aromatic rings. The molecule has 3 aromatic carbocycles. The maximum Gasteiger partial charge on any atom is 0.417 e. The van der Waals surface area contributed by atoms with E-state index in [-0.39, 0.29) is 28.6 Å². The average molecular weight is 516 g/mol. The van der Waals surface area contributed by atoms with Crippen LogP contribution in [0.5, 0.6) is 0 Å². The van der Waals surface area contributed by atoms with E-state index in [9.17, 15) is 18.0 Å². The van der Waals surface area contributed by atoms with E-state index in [4.69, 9.17) is 21.2 Å². The van der Waals surface area contributed by atoms with Gasteiger partial charge in [0.1, 0.15) is 0 Å². The number of halogens is 4. The van der Waals surface area contributed by atoms with Gasteiger partial charge in [0, 0.05) is 28.3 Å². The summed E-state index contributed by atoms with van der Waals surface area (Å²) < 4.78 is 45.8. The van der Waals surface area contributed by atoms with Gasteiger partial charge in [0.2, 0.25) is 5.82 Å². The first-order valence-corrected chi connectivity index (χ1v) is 11.2. The number of nitrogens with zero attached hydrogens (tertiary/aromatic N) is 3. The Bertz CT molecular complexity index is 1420. The summed E-state index contributed by atoms with van der Waals surface area (Å²) in [5.41, 5.74) is 2.41. The highest BCUT2D eigenvalue weighted by molar-refractivity contribution is 6.33. The van der Waals surface area contributed by atoms with Crippen molar-refractivity contribution in [2.24, 2.45) is 0 Å². The Morgan fingerprint density at radius 2 is 1.81 bits per heavy atom. The van der Waals surface area contributed by atoms with E-state index in [1.165, 1.54) is 30.3 Å². The van der Waals surface area contributed by atoms with Gasteiger partial charge in [-0.2, -0.15) is 18.2 Å². The molecule has 6 nitrogen and oxygen atoms in total. The quantitative estimate of drug-likeness (QED) is 0.300. The summed E-state index contributed by atoms with van der Waals surface area (Å²) in [7, 11) is 1.71. The highest BCUT2D eigenvalue weighted by Crippen LogP contribution is 2.40. The number of hydrogen-bond acceptors (Lipinski definition) is 5. The average Bonchev–Trinajstić information content (AvgIpc) is 3.28. The summed E-state index contributed by atoms with van der Waals surface area (Å²) in [5.74, 6) is -0.438. The van der Waals surface area contributed by atoms with E-state index in [0.717, 1.165) is 17.2 Å². The minimum Gasteiger partial charge on any atom is -0.480 e. The van der Waals surface area contributed by atoms with Crippen LogP contribution in [0.1, 0.15) is 16.7 Å². The second kappa shape index (κ2) is 10.1. The number of aryl methyl sites for hydroxylation is 1. The van der Waals surface area contributed by atoms with Crippen LogP contribution in [0.4, 0.5) is 13.2 Å². The predicted molar refractivity (Wildman–Crippen MR) is 129 cm³/mol. The Morgan fingerprint density at radius 3 is 2.50 bits per heavy atom. The van der Waals surface area contributed by atoms with Crippen molar-refractivity contribution in [3.63, 3.8) is 0 Å². The molecule has 0 aliphatic heterocycles. The van der Waals surface area contributed by atoms with Crippen molar-refractivity contribution < 1.29 is 27.6 Å². The third-order valence-electron chi connectivity index (χ3n) is 5.42. The van der Waals surface area contributed by atoms with Crippen molar-refractivity contribution in [3.05, 3.63) is 82.4 Å². The minimum absolute atomic E-state index is 0.0204. The van der Waals surface area contributed by atoms with E-state index in [2.05, 4.69) is 10.1 Å². The molecule has 186 valence electrons. The van der Waals surface area contributed by atoms with Crippen LogP contribution in [0, 0.1) is 6.92 Å². The normalized spacial score (nSPS) is 11.8. The van der Waals surface area contributed by atoms with Crippen molar-refractivity contribution in [3.8, 4) is 34.0 Å². The predicted octanol–water partition coefficient (Wildman–Crippen LogP) is 6.57. The maximum absolute atomic E-state index is 13.5. The minimum atomic E-state index is -4.52. The van der Waals surface area contributed by atoms with Crippen LogP contribution in [0.25, 0.3) is 34.0 Å². The number of alkyl halides is 3. The molecular formula is C26H21ClF3N3O3. The van der Waals surface area contributed by atoms with E-state index < -0.39 is 17.7 Å². The SMILES string of the molecule is Cc1cc(CN(C)CC(=O)O)cc(-c2noc(-c3ccc(-c4ccccc4C(F)(F)F)c(Cl)c3)n2)c1. The number of carboxylic acid groups (broad SMARTS) is 1. The first kappa shape index (κ1) is 25.4. The Morgan fingerprint density at radius 1 is 1.06 bits per heavy atom. The van der Waals surface area contributed by atoms with Gasteiger partial charge in [-0.15, -0.1) is 0 Å². The van der Waals surface area contributed by atoms with Gasteiger partial charge in [-0.3, -0.25) is 9.69 Å². The summed E-state index contributed by atoms with van der Waals surface area (Å²) in [4.78, 5) is 17.1. The molecule has 0 aliphatic carbocycles. The van der Waals surface area contributed by atoms with Crippen molar-refractivity contribution in [1.29, 1.82) is 0 Å². The molecular weight excluding hydrogens is 495 g/mol. The standard InChI is InChI=1S/C26H21ClF3N3O3/c1-15-9-16(13-33(2)14-23(34)35)11-18(10-15)24-31-25(36-32-24)17-7-8-20(22(27)12-17)19-5-3-4-6-21(19)26(28,29)30/h3-12H,13-14H2,1-2H3,(H,34,35). The topological polar surface area (TPSA) is 79.5 Å². The zero-order valence-corrected chi connectivity index (χ0v) is 20.1. The lowest BCUT2D eigenvalue weighted by Crippen LogP contribution is -2.25. The lowest BCUT2D eigenvalue weighted by atomic mass is 9.98. The number of aromatic nitrogens is 2. The lowest BCUT2D eigenvalue weighted by molar-refractivity contribution is -0.138. The van der Waals surface area contributed by atoms with Gasteiger partial charge >= 0.3 is 12.1 Å². The van der Waals surface area contributed by atoms with Crippen LogP contribution in [-0.4, -0.2) is 39.7 Å². The Kier molecular flexibility index (Phi) is 7.14. The van der Waals surface area contributed by atoms with Crippen LogP contribution in [-0.2, 0) is 17.5 Å². The van der Waals surface area contributed by atoms with Crippen molar-refractivity contribution in [1.82, 2.24) is 15.0 Å². The molecule has 0 saturated carbocycles. The molecule has 1 aromatic heterocycles. The highest BCUT2D eigenvalue weighted by Gasteiger charge is 2.33. The van der Waals surface area contributed by atoms with Gasteiger partial charge < -0.3 is 9.63 Å². The summed E-state index contributed by atoms with van der Waals surface area (Å²) in [6.45, 7) is 2.23. The highest BCUT2D eigenvalue weighted by atomic mass is 35.5. The summed E-state index contributed by atoms with van der Waals surface area (Å²) in [6, 6.07) is 15.5. The number of hydrogen-bond donors (Lipinski definition) is 1. The second-order valence-electron chi connectivity index (χ2n) is 8.43. The van der Waals surface area contributed by atoms with E-state index in [0.29, 0.717) is 23.5 Å². The van der Waals surface area contributed by atoms with Gasteiger partial charge in [-0.05, 0) is 55.4 Å².